The summed E-state index contributed by atoms with van der Waals surface area (Å²) in [5.74, 6) is 2.64. The predicted molar refractivity (Wildman–Crippen MR) is 138 cm³/mol. The van der Waals surface area contributed by atoms with Crippen molar-refractivity contribution in [2.45, 2.75) is 119 Å². The van der Waals surface area contributed by atoms with Crippen molar-refractivity contribution in [3.63, 3.8) is 0 Å². The molecule has 0 aromatic carbocycles. The summed E-state index contributed by atoms with van der Waals surface area (Å²) in [6.07, 6.45) is 11.5. The molecule has 4 N–H and O–H groups in total. The molecule has 4 aliphatic heterocycles. The molecule has 2 saturated carbocycles. The van der Waals surface area contributed by atoms with Crippen molar-refractivity contribution in [2.75, 3.05) is 19.8 Å². The molecule has 0 aromatic rings. The van der Waals surface area contributed by atoms with E-state index in [2.05, 4.69) is 61.1 Å². The number of halogens is 1. The Morgan fingerprint density at radius 2 is 1.68 bits per heavy atom. The van der Waals surface area contributed by atoms with Crippen LogP contribution in [0.15, 0.2) is 0 Å². The molecule has 6 fully saturated rings. The number of hydrogen-bond acceptors (Lipinski definition) is 6. The molecule has 0 radical (unpaired) electrons. The highest BCUT2D eigenvalue weighted by Gasteiger charge is 2.54. The molecule has 6 aliphatic rings. The molecule has 0 bridgehead atoms. The van der Waals surface area contributed by atoms with Crippen LogP contribution in [0.1, 0.15) is 71.6 Å². The average Bonchev–Trinajstić information content (AvgIpc) is 3.42. The maximum Gasteiger partial charge on any atom is 0.241 e. The van der Waals surface area contributed by atoms with E-state index in [1.54, 1.807) is 0 Å². The predicted octanol–water partition coefficient (Wildman–Crippen LogP) is 2.17. The SMILES string of the molecule is CC(C)C1CCC(N2NC3CCCCC4C3C2CCN4C(=O)C2NCC(Br)C3NCNC23)CC1. The zero-order chi connectivity index (χ0) is 23.4. The fourth-order valence-electron chi connectivity index (χ4n) is 8.49. The number of piperidine rings is 2. The van der Waals surface area contributed by atoms with E-state index >= 15 is 0 Å². The molecule has 0 spiro atoms. The van der Waals surface area contributed by atoms with E-state index < -0.39 is 0 Å². The molecule has 4 heterocycles. The highest BCUT2D eigenvalue weighted by atomic mass is 79.9. The lowest BCUT2D eigenvalue weighted by Gasteiger charge is -2.48. The van der Waals surface area contributed by atoms with Gasteiger partial charge in [-0.3, -0.25) is 20.9 Å². The van der Waals surface area contributed by atoms with Gasteiger partial charge in [0.2, 0.25) is 5.91 Å². The first-order chi connectivity index (χ1) is 16.5. The van der Waals surface area contributed by atoms with Gasteiger partial charge >= 0.3 is 0 Å². The average molecular weight is 538 g/mol. The van der Waals surface area contributed by atoms with Gasteiger partial charge < -0.3 is 10.2 Å². The summed E-state index contributed by atoms with van der Waals surface area (Å²) in [6, 6.07) is 2.58. The van der Waals surface area contributed by atoms with Gasteiger partial charge in [-0.05, 0) is 56.8 Å². The van der Waals surface area contributed by atoms with E-state index in [9.17, 15) is 4.79 Å². The van der Waals surface area contributed by atoms with Crippen LogP contribution in [0.2, 0.25) is 0 Å². The second-order valence-corrected chi connectivity index (χ2v) is 13.5. The maximum atomic E-state index is 14.0. The van der Waals surface area contributed by atoms with E-state index in [1.807, 2.05) is 0 Å². The number of nitrogens with one attached hydrogen (secondary N) is 4. The summed E-state index contributed by atoms with van der Waals surface area (Å²) in [5, 5.41) is 13.4. The summed E-state index contributed by atoms with van der Waals surface area (Å²) in [7, 11) is 0. The first-order valence-corrected chi connectivity index (χ1v) is 15.1. The first kappa shape index (κ1) is 24.1. The van der Waals surface area contributed by atoms with Crippen molar-refractivity contribution in [1.82, 2.24) is 31.3 Å². The van der Waals surface area contributed by atoms with Crippen LogP contribution < -0.4 is 21.4 Å². The molecule has 1 amide bonds. The Hall–Kier alpha value is -0.250. The Labute approximate surface area is 214 Å². The van der Waals surface area contributed by atoms with Crippen LogP contribution in [0, 0.1) is 17.8 Å². The summed E-state index contributed by atoms with van der Waals surface area (Å²) >= 11 is 3.81. The smallest absolute Gasteiger partial charge is 0.241 e. The van der Waals surface area contributed by atoms with Crippen LogP contribution in [-0.2, 0) is 4.79 Å². The van der Waals surface area contributed by atoms with Gasteiger partial charge in [-0.1, -0.05) is 42.6 Å². The topological polar surface area (TPSA) is 71.7 Å². The molecular formula is C26H45BrN6O. The zero-order valence-electron chi connectivity index (χ0n) is 21.0. The van der Waals surface area contributed by atoms with Gasteiger partial charge in [0.1, 0.15) is 6.04 Å². The lowest BCUT2D eigenvalue weighted by molar-refractivity contribution is -0.141. The molecule has 2 aliphatic carbocycles. The van der Waals surface area contributed by atoms with Gasteiger partial charge in [-0.25, -0.2) is 5.01 Å². The molecule has 192 valence electrons. The number of alkyl halides is 1. The second-order valence-electron chi connectivity index (χ2n) is 12.3. The molecular weight excluding hydrogens is 492 g/mol. The molecule has 4 saturated heterocycles. The minimum absolute atomic E-state index is 0.121. The fraction of sp³-hybridized carbons (Fsp3) is 0.962. The zero-order valence-corrected chi connectivity index (χ0v) is 22.6. The van der Waals surface area contributed by atoms with Crippen molar-refractivity contribution >= 4 is 21.8 Å². The van der Waals surface area contributed by atoms with Gasteiger partial charge in [-0.15, -0.1) is 0 Å². The third-order valence-electron chi connectivity index (χ3n) is 10.3. The van der Waals surface area contributed by atoms with Crippen LogP contribution in [0.25, 0.3) is 0 Å². The summed E-state index contributed by atoms with van der Waals surface area (Å²) < 4.78 is 0. The molecule has 7 nitrogen and oxygen atoms in total. The van der Waals surface area contributed by atoms with Gasteiger partial charge in [-0.2, -0.15) is 0 Å². The van der Waals surface area contributed by atoms with E-state index in [4.69, 9.17) is 0 Å². The highest BCUT2D eigenvalue weighted by Crippen LogP contribution is 2.44. The Balaban J connectivity index is 1.18. The molecule has 8 heteroatoms. The van der Waals surface area contributed by atoms with Gasteiger partial charge in [0.05, 0.1) is 0 Å². The Morgan fingerprint density at radius 1 is 0.912 bits per heavy atom. The minimum Gasteiger partial charge on any atom is -0.338 e. The minimum atomic E-state index is -0.121. The third-order valence-corrected chi connectivity index (χ3v) is 11.2. The van der Waals surface area contributed by atoms with Gasteiger partial charge in [0, 0.05) is 66.8 Å². The monoisotopic (exact) mass is 536 g/mol. The highest BCUT2D eigenvalue weighted by molar-refractivity contribution is 9.09. The Kier molecular flexibility index (Phi) is 7.02. The number of hydrogen-bond donors (Lipinski definition) is 4. The molecule has 0 aromatic heterocycles. The van der Waals surface area contributed by atoms with Crippen LogP contribution in [0.3, 0.4) is 0 Å². The number of fused-ring (bicyclic) bond motifs is 1. The summed E-state index contributed by atoms with van der Waals surface area (Å²) in [6.45, 7) is 7.34. The van der Waals surface area contributed by atoms with Crippen LogP contribution in [-0.4, -0.2) is 82.7 Å². The fourth-order valence-corrected chi connectivity index (χ4v) is 9.19. The number of hydrazine groups is 1. The number of rotatable bonds is 3. The van der Waals surface area contributed by atoms with Gasteiger partial charge in [0.25, 0.3) is 0 Å². The Bertz CT molecular complexity index is 745. The second kappa shape index (κ2) is 9.90. The lowest BCUT2D eigenvalue weighted by atomic mass is 9.77. The van der Waals surface area contributed by atoms with Crippen molar-refractivity contribution in [3.8, 4) is 0 Å². The van der Waals surface area contributed by atoms with Crippen molar-refractivity contribution in [2.24, 2.45) is 17.8 Å². The van der Waals surface area contributed by atoms with E-state index in [1.165, 1.54) is 51.4 Å². The van der Waals surface area contributed by atoms with E-state index in [-0.39, 0.29) is 12.1 Å². The number of likely N-dealkylation sites (tertiary alicyclic amines) is 1. The van der Waals surface area contributed by atoms with E-state index in [0.717, 1.165) is 38.0 Å². The van der Waals surface area contributed by atoms with Crippen molar-refractivity contribution in [3.05, 3.63) is 0 Å². The standard InChI is InChI=1S/C26H45BrN6O/c1-15(2)16-7-9-17(10-8-16)33-21-11-12-32(20-6-4-3-5-19(31-33)22(20)21)26(34)25-24-23(29-14-30-24)18(27)13-28-25/h15-25,28-31H,3-14H2,1-2H3. The molecule has 8 unspecified atom stereocenters. The van der Waals surface area contributed by atoms with Crippen LogP contribution >= 0.6 is 15.9 Å². The molecule has 6 rings (SSSR count). The normalized spacial score (nSPS) is 47.4. The molecule has 34 heavy (non-hydrogen) atoms. The first-order valence-electron chi connectivity index (χ1n) is 14.2. The largest absolute Gasteiger partial charge is 0.338 e. The van der Waals surface area contributed by atoms with Gasteiger partial charge in [0.15, 0.2) is 0 Å². The lowest BCUT2D eigenvalue weighted by Crippen LogP contribution is -2.68. The number of carbonyl (C=O) groups is 1. The third kappa shape index (κ3) is 4.18. The molecule has 8 atom stereocenters. The summed E-state index contributed by atoms with van der Waals surface area (Å²) in [5.41, 5.74) is 4.05. The summed E-state index contributed by atoms with van der Waals surface area (Å²) in [4.78, 5) is 16.7. The number of nitrogens with zero attached hydrogens (tertiary/aromatic N) is 2. The van der Waals surface area contributed by atoms with Crippen molar-refractivity contribution < 1.29 is 4.79 Å². The van der Waals surface area contributed by atoms with E-state index in [0.29, 0.717) is 46.9 Å². The maximum absolute atomic E-state index is 14.0. The van der Waals surface area contributed by atoms with Crippen LogP contribution in [0.5, 0.6) is 0 Å². The number of carbonyl (C=O) groups excluding carboxylic acids is 1. The quantitative estimate of drug-likeness (QED) is 0.414. The Morgan fingerprint density at radius 3 is 2.47 bits per heavy atom. The van der Waals surface area contributed by atoms with Crippen LogP contribution in [0.4, 0.5) is 0 Å². The number of amides is 1. The van der Waals surface area contributed by atoms with Crippen molar-refractivity contribution in [1.29, 1.82) is 0 Å².